The molecule has 4 nitrogen and oxygen atoms in total. The van der Waals surface area contributed by atoms with Crippen molar-refractivity contribution in [1.82, 2.24) is 10.6 Å². The third kappa shape index (κ3) is 4.42. The Morgan fingerprint density at radius 3 is 3.00 bits per heavy atom. The van der Waals surface area contributed by atoms with Crippen molar-refractivity contribution >= 4 is 23.5 Å². The van der Waals surface area contributed by atoms with Crippen molar-refractivity contribution in [2.24, 2.45) is 0 Å². The van der Waals surface area contributed by atoms with Gasteiger partial charge in [-0.05, 0) is 50.3 Å². The summed E-state index contributed by atoms with van der Waals surface area (Å²) in [5.41, 5.74) is 2.00. The van der Waals surface area contributed by atoms with Crippen molar-refractivity contribution in [2.45, 2.75) is 31.8 Å². The van der Waals surface area contributed by atoms with Crippen molar-refractivity contribution in [2.75, 3.05) is 23.9 Å². The van der Waals surface area contributed by atoms with Gasteiger partial charge in [0, 0.05) is 23.5 Å². The topological polar surface area (TPSA) is 53.2 Å². The molecule has 0 bridgehead atoms. The molecule has 0 radical (unpaired) electrons. The molecule has 3 N–H and O–H groups in total. The Kier molecular flexibility index (Phi) is 5.73. The van der Waals surface area contributed by atoms with Crippen molar-refractivity contribution in [1.29, 1.82) is 0 Å². The minimum Gasteiger partial charge on any atom is -0.334 e. The molecule has 5 heteroatoms. The molecule has 2 atom stereocenters. The Balaban J connectivity index is 1.90. The molecule has 1 aliphatic heterocycles. The van der Waals surface area contributed by atoms with Gasteiger partial charge in [0.15, 0.2) is 0 Å². The van der Waals surface area contributed by atoms with Crippen LogP contribution in [0.15, 0.2) is 24.3 Å². The molecule has 0 aliphatic carbocycles. The molecule has 0 saturated carbocycles. The lowest BCUT2D eigenvalue weighted by Gasteiger charge is -2.22. The van der Waals surface area contributed by atoms with Gasteiger partial charge in [-0.3, -0.25) is 0 Å². The fourth-order valence-corrected chi connectivity index (χ4v) is 3.33. The van der Waals surface area contributed by atoms with Gasteiger partial charge in [-0.15, -0.1) is 0 Å². The van der Waals surface area contributed by atoms with Gasteiger partial charge < -0.3 is 16.0 Å². The van der Waals surface area contributed by atoms with Crippen molar-refractivity contribution in [3.8, 4) is 0 Å². The third-order valence-electron chi connectivity index (χ3n) is 3.57. The van der Waals surface area contributed by atoms with Crippen molar-refractivity contribution in [3.63, 3.8) is 0 Å². The van der Waals surface area contributed by atoms with Crippen molar-refractivity contribution in [3.05, 3.63) is 29.8 Å². The minimum absolute atomic E-state index is 0.105. The quantitative estimate of drug-likeness (QED) is 0.800. The fraction of sp³-hybridized carbons (Fsp3) is 0.533. The highest BCUT2D eigenvalue weighted by atomic mass is 32.2. The maximum absolute atomic E-state index is 12.0. The van der Waals surface area contributed by atoms with E-state index < -0.39 is 0 Å². The Morgan fingerprint density at radius 2 is 2.30 bits per heavy atom. The number of hydrogen-bond acceptors (Lipinski definition) is 3. The summed E-state index contributed by atoms with van der Waals surface area (Å²) in [6, 6.07) is 8.42. The minimum atomic E-state index is -0.105. The van der Waals surface area contributed by atoms with E-state index in [4.69, 9.17) is 0 Å². The lowest BCUT2D eigenvalue weighted by atomic mass is 10.1. The molecule has 2 amide bonds. The van der Waals surface area contributed by atoms with Crippen molar-refractivity contribution < 1.29 is 4.79 Å². The number of carbonyl (C=O) groups is 1. The first kappa shape index (κ1) is 15.2. The zero-order chi connectivity index (χ0) is 14.4. The molecular weight excluding hydrogens is 270 g/mol. The van der Waals surface area contributed by atoms with Gasteiger partial charge in [-0.25, -0.2) is 4.79 Å². The van der Waals surface area contributed by atoms with Crippen LogP contribution in [0.25, 0.3) is 0 Å². The lowest BCUT2D eigenvalue weighted by molar-refractivity contribution is 0.248. The molecule has 1 fully saturated rings. The van der Waals surface area contributed by atoms with E-state index in [1.54, 1.807) is 0 Å². The molecule has 110 valence electrons. The SMILES string of the molecule is CNC(C)c1cccc(NC(=O)NC2CCCSC2)c1. The Bertz CT molecular complexity index is 446. The average Bonchev–Trinajstić information content (AvgIpc) is 2.47. The number of rotatable bonds is 4. The van der Waals surface area contributed by atoms with Gasteiger partial charge in [0.25, 0.3) is 0 Å². The first-order valence-corrected chi connectivity index (χ1v) is 8.27. The van der Waals surface area contributed by atoms with Crippen LogP contribution in [-0.4, -0.2) is 30.6 Å². The highest BCUT2D eigenvalue weighted by Crippen LogP contribution is 2.18. The van der Waals surface area contributed by atoms with Gasteiger partial charge in [0.1, 0.15) is 0 Å². The monoisotopic (exact) mass is 293 g/mol. The molecule has 0 aromatic heterocycles. The Hall–Kier alpha value is -1.20. The normalized spacial score (nSPS) is 20.2. The summed E-state index contributed by atoms with van der Waals surface area (Å²) in [6.45, 7) is 2.10. The fourth-order valence-electron chi connectivity index (χ4n) is 2.26. The van der Waals surface area contributed by atoms with E-state index in [-0.39, 0.29) is 12.1 Å². The van der Waals surface area contributed by atoms with Crippen LogP contribution in [0.1, 0.15) is 31.4 Å². The smallest absolute Gasteiger partial charge is 0.319 e. The van der Waals surface area contributed by atoms with E-state index in [2.05, 4.69) is 28.9 Å². The second-order valence-corrected chi connectivity index (χ2v) is 6.30. The summed E-state index contributed by atoms with van der Waals surface area (Å²) in [5.74, 6) is 2.23. The first-order valence-electron chi connectivity index (χ1n) is 7.11. The lowest BCUT2D eigenvalue weighted by Crippen LogP contribution is -2.40. The number of nitrogens with one attached hydrogen (secondary N) is 3. The predicted octanol–water partition coefficient (Wildman–Crippen LogP) is 2.98. The molecule has 1 aromatic carbocycles. The van der Waals surface area contributed by atoms with E-state index in [1.807, 2.05) is 37.0 Å². The second-order valence-electron chi connectivity index (χ2n) is 5.15. The van der Waals surface area contributed by atoms with Crippen LogP contribution >= 0.6 is 11.8 Å². The number of anilines is 1. The van der Waals surface area contributed by atoms with Crippen LogP contribution in [-0.2, 0) is 0 Å². The van der Waals surface area contributed by atoms with Gasteiger partial charge >= 0.3 is 6.03 Å². The van der Waals surface area contributed by atoms with Crippen LogP contribution in [0.4, 0.5) is 10.5 Å². The summed E-state index contributed by atoms with van der Waals surface area (Å²) >= 11 is 1.91. The van der Waals surface area contributed by atoms with E-state index in [1.165, 1.54) is 17.7 Å². The van der Waals surface area contributed by atoms with E-state index in [0.29, 0.717) is 6.04 Å². The molecular formula is C15H23N3OS. The molecule has 0 spiro atoms. The van der Waals surface area contributed by atoms with Gasteiger partial charge in [-0.1, -0.05) is 12.1 Å². The highest BCUT2D eigenvalue weighted by molar-refractivity contribution is 7.99. The summed E-state index contributed by atoms with van der Waals surface area (Å²) in [5, 5.41) is 9.16. The van der Waals surface area contributed by atoms with Crippen LogP contribution in [0.5, 0.6) is 0 Å². The standard InChI is InChI=1S/C15H23N3OS/c1-11(16-2)12-5-3-6-13(9-12)17-15(19)18-14-7-4-8-20-10-14/h3,5-6,9,11,14,16H,4,7-8,10H2,1-2H3,(H2,17,18,19). The molecule has 2 rings (SSSR count). The second kappa shape index (κ2) is 7.55. The van der Waals surface area contributed by atoms with E-state index in [9.17, 15) is 4.79 Å². The summed E-state index contributed by atoms with van der Waals surface area (Å²) in [6.07, 6.45) is 2.27. The first-order chi connectivity index (χ1) is 9.69. The van der Waals surface area contributed by atoms with E-state index in [0.717, 1.165) is 17.9 Å². The largest absolute Gasteiger partial charge is 0.334 e. The molecule has 1 aromatic rings. The third-order valence-corrected chi connectivity index (χ3v) is 4.79. The van der Waals surface area contributed by atoms with Crippen LogP contribution < -0.4 is 16.0 Å². The molecule has 1 heterocycles. The van der Waals surface area contributed by atoms with Crippen LogP contribution in [0, 0.1) is 0 Å². The number of thioether (sulfide) groups is 1. The average molecular weight is 293 g/mol. The molecule has 1 aliphatic rings. The molecule has 20 heavy (non-hydrogen) atoms. The van der Waals surface area contributed by atoms with Gasteiger partial charge in [0.05, 0.1) is 0 Å². The maximum atomic E-state index is 12.0. The highest BCUT2D eigenvalue weighted by Gasteiger charge is 2.16. The number of benzene rings is 1. The van der Waals surface area contributed by atoms with Gasteiger partial charge in [0.2, 0.25) is 0 Å². The van der Waals surface area contributed by atoms with E-state index >= 15 is 0 Å². The number of hydrogen-bond donors (Lipinski definition) is 3. The van der Waals surface area contributed by atoms with Crippen LogP contribution in [0.3, 0.4) is 0 Å². The number of amides is 2. The molecule has 2 unspecified atom stereocenters. The van der Waals surface area contributed by atoms with Gasteiger partial charge in [-0.2, -0.15) is 11.8 Å². The summed E-state index contributed by atoms with van der Waals surface area (Å²) in [7, 11) is 1.93. The number of carbonyl (C=O) groups excluding carboxylic acids is 1. The zero-order valence-electron chi connectivity index (χ0n) is 12.1. The predicted molar refractivity (Wildman–Crippen MR) is 86.4 cm³/mol. The summed E-state index contributed by atoms with van der Waals surface area (Å²) < 4.78 is 0. The number of urea groups is 1. The Morgan fingerprint density at radius 1 is 1.45 bits per heavy atom. The maximum Gasteiger partial charge on any atom is 0.319 e. The molecule has 1 saturated heterocycles. The Labute approximate surface area is 125 Å². The summed E-state index contributed by atoms with van der Waals surface area (Å²) in [4.78, 5) is 12.0. The van der Waals surface area contributed by atoms with Crippen LogP contribution in [0.2, 0.25) is 0 Å². The zero-order valence-corrected chi connectivity index (χ0v) is 12.9.